The van der Waals surface area contributed by atoms with E-state index in [1.165, 1.54) is 0 Å². The number of azide groups is 1. The van der Waals surface area contributed by atoms with Gasteiger partial charge in [-0.3, -0.25) is 4.79 Å². The third kappa shape index (κ3) is 8.21. The number of methoxy groups -OCH3 is 2. The molecule has 1 N–H and O–H groups in total. The Hall–Kier alpha value is -1.94. The molecule has 0 amide bonds. The zero-order valence-corrected chi connectivity index (χ0v) is 32.7. The van der Waals surface area contributed by atoms with Gasteiger partial charge in [0.25, 0.3) is 0 Å². The maximum absolute atomic E-state index is 14.1. The van der Waals surface area contributed by atoms with E-state index in [0.29, 0.717) is 19.3 Å². The smallest absolute Gasteiger partial charge is 0.169 e. The Morgan fingerprint density at radius 3 is 2.38 bits per heavy atom. The molecular formula is C41H61N3O11. The van der Waals surface area contributed by atoms with Crippen LogP contribution in [-0.4, -0.2) is 129 Å². The number of aliphatic hydroxyl groups is 1. The van der Waals surface area contributed by atoms with Gasteiger partial charge in [0.2, 0.25) is 0 Å². The van der Waals surface area contributed by atoms with Crippen molar-refractivity contribution in [2.45, 2.75) is 194 Å². The number of rotatable bonds is 6. The summed E-state index contributed by atoms with van der Waals surface area (Å²) in [4.78, 5) is 16.9. The fourth-order valence-corrected chi connectivity index (χ4v) is 11.2. The fraction of sp³-hybridized carbons (Fsp3) is 0.878. The van der Waals surface area contributed by atoms with Crippen molar-refractivity contribution in [2.75, 3.05) is 20.8 Å². The Labute approximate surface area is 324 Å². The molecule has 8 aliphatic rings. The summed E-state index contributed by atoms with van der Waals surface area (Å²) in [6.07, 6.45) is 4.45. The van der Waals surface area contributed by atoms with Crippen molar-refractivity contribution in [2.24, 2.45) is 17.0 Å². The molecule has 306 valence electrons. The van der Waals surface area contributed by atoms with Gasteiger partial charge in [0, 0.05) is 63.6 Å². The summed E-state index contributed by atoms with van der Waals surface area (Å²) in [6, 6.07) is 0. The second-order valence-electron chi connectivity index (χ2n) is 17.6. The molecule has 18 atom stereocenters. The largest absolute Gasteiger partial charge is 0.393 e. The lowest BCUT2D eigenvalue weighted by molar-refractivity contribution is -0.302. The molecule has 8 saturated heterocycles. The number of hydrogen-bond donors (Lipinski definition) is 1. The lowest BCUT2D eigenvalue weighted by Crippen LogP contribution is -2.64. The SMILES string of the molecule is C=C1C[C@@H]2CC[C@]34CC[C@H](O3)C3O[C@H]5CC[C@H](CC(=O)C[C@@H]6[C@@H](OC)[C@@H](C[C@H](O)CN=[N+]=[N-])O[C@H]6C[C@H]6O[C@@H](CC[C@@H]1O2)C[C@@H](C)C6=C)O[C@@H]5[C@H](O4)C3OC. The monoisotopic (exact) mass is 771 g/mol. The number of ether oxygens (including phenoxy) is 9. The second-order valence-corrected chi connectivity index (χ2v) is 17.6. The van der Waals surface area contributed by atoms with Crippen molar-refractivity contribution in [3.8, 4) is 0 Å². The van der Waals surface area contributed by atoms with Gasteiger partial charge in [0.15, 0.2) is 5.79 Å². The second kappa shape index (κ2) is 16.7. The van der Waals surface area contributed by atoms with E-state index in [2.05, 4.69) is 30.1 Å². The van der Waals surface area contributed by atoms with Crippen LogP contribution in [-0.2, 0) is 47.4 Å². The van der Waals surface area contributed by atoms with Gasteiger partial charge in [-0.05, 0) is 74.0 Å². The highest BCUT2D eigenvalue weighted by Gasteiger charge is 2.61. The van der Waals surface area contributed by atoms with Gasteiger partial charge < -0.3 is 47.7 Å². The molecular weight excluding hydrogens is 710 g/mol. The van der Waals surface area contributed by atoms with E-state index in [4.69, 9.17) is 48.2 Å². The standard InChI is InChI=1S/C41H61N3O11/c1-21-14-26-6-8-30-22(2)15-28(49-30)10-12-41-13-11-32(54-41)38-39(48-5)40(55-41)37-31(53-38)9-7-27(51-37)16-24(45)17-29-34(19-33(50-26)23(21)3)52-35(36(29)47-4)18-25(46)20-43-44-42/h21,25-40,46H,2-3,6-20H2,1,4-5H3/t21-,25+,26+,27-,28+,29+,30+,31+,32+,33-,34+,35-,36-,37+,38?,39?,40+,41+/m1/s1. The summed E-state index contributed by atoms with van der Waals surface area (Å²) >= 11 is 0. The molecule has 0 aliphatic carbocycles. The molecule has 8 fully saturated rings. The van der Waals surface area contributed by atoms with Crippen LogP contribution in [0.25, 0.3) is 10.4 Å². The van der Waals surface area contributed by atoms with Crippen molar-refractivity contribution in [1.82, 2.24) is 0 Å². The summed E-state index contributed by atoms with van der Waals surface area (Å²) in [6.45, 7) is 11.0. The Balaban J connectivity index is 1.07. The van der Waals surface area contributed by atoms with Gasteiger partial charge in [-0.1, -0.05) is 25.2 Å². The number of hydrogen-bond acceptors (Lipinski definition) is 12. The Morgan fingerprint density at radius 2 is 1.58 bits per heavy atom. The van der Waals surface area contributed by atoms with Crippen LogP contribution in [0.15, 0.2) is 29.4 Å². The zero-order valence-electron chi connectivity index (χ0n) is 32.7. The molecule has 14 nitrogen and oxygen atoms in total. The van der Waals surface area contributed by atoms with Gasteiger partial charge in [-0.15, -0.1) is 0 Å². The molecule has 0 radical (unpaired) electrons. The molecule has 8 aliphatic heterocycles. The van der Waals surface area contributed by atoms with Gasteiger partial charge >= 0.3 is 0 Å². The fourth-order valence-electron chi connectivity index (χ4n) is 11.2. The Morgan fingerprint density at radius 1 is 0.818 bits per heavy atom. The summed E-state index contributed by atoms with van der Waals surface area (Å²) < 4.78 is 59.7. The number of nitrogens with zero attached hydrogens (tertiary/aromatic N) is 3. The number of carbonyl (C=O) groups is 1. The molecule has 0 saturated carbocycles. The Kier molecular flexibility index (Phi) is 12.1. The molecule has 2 unspecified atom stereocenters. The predicted molar refractivity (Wildman–Crippen MR) is 198 cm³/mol. The number of Topliss-reactive ketones (excluding diaryl/α,β-unsaturated/α-hetero) is 1. The first-order chi connectivity index (χ1) is 26.6. The average Bonchev–Trinajstić information content (AvgIpc) is 3.82. The van der Waals surface area contributed by atoms with Gasteiger partial charge in [-0.25, -0.2) is 0 Å². The van der Waals surface area contributed by atoms with Gasteiger partial charge in [0.1, 0.15) is 30.2 Å². The zero-order chi connectivity index (χ0) is 38.4. The predicted octanol–water partition coefficient (Wildman–Crippen LogP) is 5.43. The lowest BCUT2D eigenvalue weighted by Gasteiger charge is -2.50. The van der Waals surface area contributed by atoms with Crippen LogP contribution in [0.5, 0.6) is 0 Å². The van der Waals surface area contributed by atoms with E-state index in [-0.39, 0.29) is 104 Å². The minimum atomic E-state index is -0.912. The summed E-state index contributed by atoms with van der Waals surface area (Å²) in [5.41, 5.74) is 11.0. The molecule has 8 heterocycles. The van der Waals surface area contributed by atoms with E-state index in [1.807, 2.05) is 0 Å². The van der Waals surface area contributed by atoms with Crippen molar-refractivity contribution in [1.29, 1.82) is 0 Å². The van der Waals surface area contributed by atoms with Gasteiger partial charge in [0.05, 0.1) is 73.7 Å². The summed E-state index contributed by atoms with van der Waals surface area (Å²) in [5, 5.41) is 14.3. The van der Waals surface area contributed by atoms with Crippen LogP contribution in [0.1, 0.15) is 96.8 Å². The van der Waals surface area contributed by atoms with Crippen molar-refractivity contribution < 1.29 is 52.5 Å². The maximum atomic E-state index is 14.1. The quantitative estimate of drug-likeness (QED) is 0.158. The third-order valence-corrected chi connectivity index (χ3v) is 14.0. The molecule has 0 aromatic carbocycles. The molecule has 0 aromatic heterocycles. The molecule has 55 heavy (non-hydrogen) atoms. The number of aliphatic hydroxyl groups excluding tert-OH is 1. The first kappa shape index (κ1) is 39.9. The molecule has 10 bridgehead atoms. The molecule has 8 rings (SSSR count). The van der Waals surface area contributed by atoms with E-state index < -0.39 is 36.3 Å². The minimum absolute atomic E-state index is 0.0117. The molecule has 1 spiro atoms. The Bertz CT molecular complexity index is 1480. The highest BCUT2D eigenvalue weighted by molar-refractivity contribution is 5.79. The maximum Gasteiger partial charge on any atom is 0.169 e. The van der Waals surface area contributed by atoms with E-state index in [0.717, 1.165) is 62.5 Å². The van der Waals surface area contributed by atoms with E-state index in [9.17, 15) is 9.90 Å². The van der Waals surface area contributed by atoms with Crippen LogP contribution in [0.3, 0.4) is 0 Å². The topological polar surface area (TPSA) is 169 Å². The minimum Gasteiger partial charge on any atom is -0.393 e. The van der Waals surface area contributed by atoms with Crippen LogP contribution in [0.4, 0.5) is 0 Å². The first-order valence-electron chi connectivity index (χ1n) is 20.8. The van der Waals surface area contributed by atoms with E-state index >= 15 is 0 Å². The highest BCUT2D eigenvalue weighted by atomic mass is 16.7. The van der Waals surface area contributed by atoms with Crippen molar-refractivity contribution in [3.63, 3.8) is 0 Å². The van der Waals surface area contributed by atoms with Crippen LogP contribution >= 0.6 is 0 Å². The first-order valence-corrected chi connectivity index (χ1v) is 20.8. The summed E-state index contributed by atoms with van der Waals surface area (Å²) in [7, 11) is 3.32. The van der Waals surface area contributed by atoms with Crippen LogP contribution < -0.4 is 0 Å². The van der Waals surface area contributed by atoms with Crippen molar-refractivity contribution in [3.05, 3.63) is 34.7 Å². The van der Waals surface area contributed by atoms with Crippen LogP contribution in [0, 0.1) is 11.8 Å². The van der Waals surface area contributed by atoms with E-state index in [1.54, 1.807) is 14.2 Å². The summed E-state index contributed by atoms with van der Waals surface area (Å²) in [5.74, 6) is -0.771. The number of carbonyl (C=O) groups excluding carboxylic acids is 1. The highest BCUT2D eigenvalue weighted by Crippen LogP contribution is 2.50. The van der Waals surface area contributed by atoms with Crippen molar-refractivity contribution >= 4 is 5.78 Å². The average molecular weight is 772 g/mol. The molecule has 0 aromatic rings. The number of fused-ring (bicyclic) bond motifs is 9. The third-order valence-electron chi connectivity index (χ3n) is 14.0. The lowest BCUT2D eigenvalue weighted by atomic mass is 9.81. The number of ketones is 1. The van der Waals surface area contributed by atoms with Crippen LogP contribution in [0.2, 0.25) is 0 Å². The van der Waals surface area contributed by atoms with Gasteiger partial charge in [-0.2, -0.15) is 0 Å². The normalized spacial score (nSPS) is 48.0. The molecule has 14 heteroatoms.